The second-order valence-electron chi connectivity index (χ2n) is 7.00. The predicted octanol–water partition coefficient (Wildman–Crippen LogP) is 6.29. The van der Waals surface area contributed by atoms with Crippen molar-refractivity contribution in [1.29, 1.82) is 0 Å². The van der Waals surface area contributed by atoms with Crippen molar-refractivity contribution < 1.29 is 0 Å². The van der Waals surface area contributed by atoms with Crippen LogP contribution in [0.5, 0.6) is 0 Å². The highest BCUT2D eigenvalue weighted by Gasteiger charge is 2.38. The smallest absolute Gasteiger partial charge is 0.0554 e. The molecule has 23 heavy (non-hydrogen) atoms. The number of para-hydroxylation sites is 1. The number of allylic oxidation sites excluding steroid dienone is 2. The normalized spacial score (nSPS) is 25.1. The lowest BCUT2D eigenvalue weighted by molar-refractivity contribution is 0.424. The molecule has 0 fully saturated rings. The Balaban J connectivity index is 1.83. The first-order chi connectivity index (χ1) is 11.1. The van der Waals surface area contributed by atoms with Crippen LogP contribution in [0.1, 0.15) is 54.8 Å². The summed E-state index contributed by atoms with van der Waals surface area (Å²) in [5.74, 6) is 1.59. The Morgan fingerprint density at radius 3 is 2.74 bits per heavy atom. The zero-order valence-corrected chi connectivity index (χ0v) is 14.3. The van der Waals surface area contributed by atoms with Crippen molar-refractivity contribution in [3.63, 3.8) is 0 Å². The van der Waals surface area contributed by atoms with Crippen LogP contribution in [-0.4, -0.2) is 0 Å². The number of anilines is 1. The summed E-state index contributed by atoms with van der Waals surface area (Å²) >= 11 is 6.25. The third-order valence-corrected chi connectivity index (χ3v) is 5.49. The Bertz CT molecular complexity index is 762. The first-order valence-corrected chi connectivity index (χ1v) is 8.84. The average Bonchev–Trinajstić information content (AvgIpc) is 3.03. The van der Waals surface area contributed by atoms with Crippen molar-refractivity contribution in [3.05, 3.63) is 76.3 Å². The van der Waals surface area contributed by atoms with Crippen LogP contribution in [0, 0.1) is 5.92 Å². The lowest BCUT2D eigenvalue weighted by Gasteiger charge is -2.39. The predicted molar refractivity (Wildman–Crippen MR) is 98.3 cm³/mol. The molecule has 0 bridgehead atoms. The topological polar surface area (TPSA) is 12.0 Å². The fourth-order valence-electron chi connectivity index (χ4n) is 4.16. The molecule has 2 heteroatoms. The Kier molecular flexibility index (Phi) is 3.69. The van der Waals surface area contributed by atoms with Crippen LogP contribution in [0.2, 0.25) is 5.02 Å². The molecule has 1 N–H and O–H groups in total. The van der Waals surface area contributed by atoms with E-state index in [1.807, 2.05) is 6.07 Å². The third-order valence-electron chi connectivity index (χ3n) is 5.26. The number of rotatable bonds is 2. The number of hydrogen-bond donors (Lipinski definition) is 1. The van der Waals surface area contributed by atoms with Crippen molar-refractivity contribution in [2.45, 2.75) is 38.1 Å². The zero-order chi connectivity index (χ0) is 16.0. The van der Waals surface area contributed by atoms with Gasteiger partial charge < -0.3 is 5.32 Å². The highest BCUT2D eigenvalue weighted by Crippen LogP contribution is 2.51. The molecule has 1 aliphatic carbocycles. The Morgan fingerprint density at radius 2 is 1.96 bits per heavy atom. The fraction of sp³-hybridized carbons (Fsp3) is 0.333. The summed E-state index contributed by atoms with van der Waals surface area (Å²) in [4.78, 5) is 0. The van der Waals surface area contributed by atoms with Gasteiger partial charge in [0.05, 0.1) is 6.04 Å². The number of halogens is 1. The van der Waals surface area contributed by atoms with Gasteiger partial charge in [-0.3, -0.25) is 0 Å². The van der Waals surface area contributed by atoms with Gasteiger partial charge in [0, 0.05) is 16.6 Å². The van der Waals surface area contributed by atoms with Crippen LogP contribution < -0.4 is 5.32 Å². The van der Waals surface area contributed by atoms with Crippen LogP contribution in [0.25, 0.3) is 0 Å². The molecule has 1 aliphatic heterocycles. The Morgan fingerprint density at radius 1 is 1.13 bits per heavy atom. The monoisotopic (exact) mass is 323 g/mol. The van der Waals surface area contributed by atoms with Gasteiger partial charge in [0.1, 0.15) is 0 Å². The number of benzene rings is 2. The highest BCUT2D eigenvalue weighted by molar-refractivity contribution is 6.30. The molecule has 0 saturated carbocycles. The molecule has 0 aromatic heterocycles. The van der Waals surface area contributed by atoms with Crippen LogP contribution in [0.15, 0.2) is 54.6 Å². The van der Waals surface area contributed by atoms with E-state index in [2.05, 4.69) is 67.7 Å². The van der Waals surface area contributed by atoms with Crippen LogP contribution in [0.3, 0.4) is 0 Å². The van der Waals surface area contributed by atoms with E-state index in [9.17, 15) is 0 Å². The minimum absolute atomic E-state index is 0.320. The molecule has 0 saturated heterocycles. The van der Waals surface area contributed by atoms with Crippen molar-refractivity contribution in [1.82, 2.24) is 0 Å². The lowest BCUT2D eigenvalue weighted by Crippen LogP contribution is -2.29. The molecule has 4 rings (SSSR count). The summed E-state index contributed by atoms with van der Waals surface area (Å²) in [6.45, 7) is 4.53. The summed E-state index contributed by atoms with van der Waals surface area (Å²) in [7, 11) is 0. The van der Waals surface area contributed by atoms with Crippen LogP contribution in [-0.2, 0) is 0 Å². The molecule has 2 aromatic rings. The first-order valence-electron chi connectivity index (χ1n) is 8.46. The number of hydrogen-bond acceptors (Lipinski definition) is 1. The largest absolute Gasteiger partial charge is 0.377 e. The van der Waals surface area contributed by atoms with Gasteiger partial charge in [0.15, 0.2) is 0 Å². The van der Waals surface area contributed by atoms with Crippen molar-refractivity contribution in [3.8, 4) is 0 Å². The second kappa shape index (κ2) is 5.72. The van der Waals surface area contributed by atoms with Gasteiger partial charge in [-0.25, -0.2) is 0 Å². The minimum Gasteiger partial charge on any atom is -0.377 e. The summed E-state index contributed by atoms with van der Waals surface area (Å²) in [5.41, 5.74) is 5.49. The van der Waals surface area contributed by atoms with Gasteiger partial charge in [-0.05, 0) is 47.1 Å². The van der Waals surface area contributed by atoms with Crippen LogP contribution in [0.4, 0.5) is 5.69 Å². The molecular weight excluding hydrogens is 302 g/mol. The van der Waals surface area contributed by atoms with Crippen LogP contribution >= 0.6 is 11.6 Å². The van der Waals surface area contributed by atoms with E-state index in [1.54, 1.807) is 0 Å². The maximum atomic E-state index is 6.25. The molecule has 1 heterocycles. The van der Waals surface area contributed by atoms with E-state index < -0.39 is 0 Å². The molecule has 0 radical (unpaired) electrons. The lowest BCUT2D eigenvalue weighted by atomic mass is 9.75. The van der Waals surface area contributed by atoms with E-state index in [-0.39, 0.29) is 0 Å². The van der Waals surface area contributed by atoms with Gasteiger partial charge in [-0.1, -0.05) is 67.9 Å². The molecule has 118 valence electrons. The maximum absolute atomic E-state index is 6.25. The maximum Gasteiger partial charge on any atom is 0.0554 e. The highest BCUT2D eigenvalue weighted by atomic mass is 35.5. The second-order valence-corrected chi connectivity index (χ2v) is 7.43. The van der Waals surface area contributed by atoms with Gasteiger partial charge in [0.2, 0.25) is 0 Å². The van der Waals surface area contributed by atoms with Gasteiger partial charge in [-0.15, -0.1) is 0 Å². The Hall–Kier alpha value is -1.73. The summed E-state index contributed by atoms with van der Waals surface area (Å²) in [6.07, 6.45) is 5.86. The quantitative estimate of drug-likeness (QED) is 0.640. The first kappa shape index (κ1) is 14.8. The van der Waals surface area contributed by atoms with Crippen molar-refractivity contribution in [2.75, 3.05) is 5.32 Å². The van der Waals surface area contributed by atoms with Crippen molar-refractivity contribution >= 4 is 17.3 Å². The summed E-state index contributed by atoms with van der Waals surface area (Å²) in [6, 6.07) is 15.4. The van der Waals surface area contributed by atoms with E-state index >= 15 is 0 Å². The zero-order valence-electron chi connectivity index (χ0n) is 13.6. The molecular formula is C21H22ClN. The Labute approximate surface area is 143 Å². The van der Waals surface area contributed by atoms with Gasteiger partial charge >= 0.3 is 0 Å². The summed E-state index contributed by atoms with van der Waals surface area (Å²) in [5, 5.41) is 4.68. The molecule has 2 aromatic carbocycles. The molecule has 0 spiro atoms. The SMILES string of the molecule is CC(C)c1cccc2c1N[C@H](c1cccc(Cl)c1)[C@H]1CC=C[C@@H]21. The van der Waals surface area contributed by atoms with E-state index in [4.69, 9.17) is 11.6 Å². The number of fused-ring (bicyclic) bond motifs is 3. The van der Waals surface area contributed by atoms with Crippen molar-refractivity contribution in [2.24, 2.45) is 5.92 Å². The standard InChI is InChI=1S/C21H22ClN/c1-13(2)16-8-4-11-19-17-9-5-10-18(17)20(23-21(16)19)14-6-3-7-15(22)12-14/h3-9,11-13,17-18,20,23H,10H2,1-2H3/t17-,18+,20-/m1/s1. The molecule has 0 unspecified atom stereocenters. The fourth-order valence-corrected chi connectivity index (χ4v) is 4.36. The minimum atomic E-state index is 0.320. The summed E-state index contributed by atoms with van der Waals surface area (Å²) < 4.78 is 0. The third kappa shape index (κ3) is 2.48. The van der Waals surface area contributed by atoms with E-state index in [1.165, 1.54) is 22.4 Å². The van der Waals surface area contributed by atoms with E-state index in [0.29, 0.717) is 23.8 Å². The molecule has 2 aliphatic rings. The molecule has 0 amide bonds. The van der Waals surface area contributed by atoms with E-state index in [0.717, 1.165) is 11.4 Å². The molecule has 1 nitrogen and oxygen atoms in total. The average molecular weight is 324 g/mol. The molecule has 3 atom stereocenters. The van der Waals surface area contributed by atoms with Gasteiger partial charge in [-0.2, -0.15) is 0 Å². The number of nitrogens with one attached hydrogen (secondary N) is 1. The van der Waals surface area contributed by atoms with Gasteiger partial charge in [0.25, 0.3) is 0 Å².